The second kappa shape index (κ2) is 6.46. The van der Waals surface area contributed by atoms with Gasteiger partial charge in [-0.05, 0) is 30.4 Å². The highest BCUT2D eigenvalue weighted by Crippen LogP contribution is 2.46. The Labute approximate surface area is 152 Å². The Balaban J connectivity index is 1.39. The van der Waals surface area contributed by atoms with E-state index >= 15 is 0 Å². The largest absolute Gasteiger partial charge is 0.392 e. The van der Waals surface area contributed by atoms with Crippen LogP contribution in [0.15, 0.2) is 36.7 Å². The average Bonchev–Trinajstić information content (AvgIpc) is 3.16. The molecule has 1 N–H and O–H groups in total. The summed E-state index contributed by atoms with van der Waals surface area (Å²) in [6.45, 7) is 1.94. The van der Waals surface area contributed by atoms with Crippen molar-refractivity contribution in [1.29, 1.82) is 0 Å². The summed E-state index contributed by atoms with van der Waals surface area (Å²) in [6.07, 6.45) is 5.76. The van der Waals surface area contributed by atoms with E-state index in [0.717, 1.165) is 19.3 Å². The molecule has 0 unspecified atom stereocenters. The molecule has 4 rings (SSSR count). The smallest absolute Gasteiger partial charge is 0.224 e. The van der Waals surface area contributed by atoms with E-state index in [0.29, 0.717) is 31.1 Å². The van der Waals surface area contributed by atoms with Crippen LogP contribution in [0.2, 0.25) is 5.02 Å². The van der Waals surface area contributed by atoms with Crippen LogP contribution in [0.5, 0.6) is 0 Å². The van der Waals surface area contributed by atoms with Crippen LogP contribution < -0.4 is 0 Å². The number of carbonyl (C=O) groups excluding carboxylic acids is 1. The molecule has 2 heterocycles. The zero-order chi connectivity index (χ0) is 17.4. The van der Waals surface area contributed by atoms with E-state index in [1.807, 2.05) is 17.0 Å². The third kappa shape index (κ3) is 2.96. The molecular weight excluding hydrogens is 338 g/mol. The number of halogens is 1. The number of hydrogen-bond acceptors (Lipinski definition) is 3. The first kappa shape index (κ1) is 16.6. The average molecular weight is 360 g/mol. The van der Waals surface area contributed by atoms with Gasteiger partial charge in [0, 0.05) is 37.7 Å². The van der Waals surface area contributed by atoms with Gasteiger partial charge >= 0.3 is 0 Å². The number of nitrogens with zero attached hydrogens (tertiary/aromatic N) is 3. The van der Waals surface area contributed by atoms with E-state index in [1.165, 1.54) is 11.1 Å². The number of likely N-dealkylation sites (tertiary alicyclic amines) is 1. The molecule has 1 aliphatic heterocycles. The molecule has 1 amide bonds. The molecule has 2 aromatic rings. The molecule has 132 valence electrons. The number of hydrogen-bond donors (Lipinski definition) is 1. The van der Waals surface area contributed by atoms with Gasteiger partial charge in [-0.1, -0.05) is 35.9 Å². The van der Waals surface area contributed by atoms with E-state index in [9.17, 15) is 9.90 Å². The summed E-state index contributed by atoms with van der Waals surface area (Å²) in [6, 6.07) is 8.33. The highest BCUT2D eigenvalue weighted by Gasteiger charge is 2.47. The van der Waals surface area contributed by atoms with Crippen molar-refractivity contribution in [3.63, 3.8) is 0 Å². The van der Waals surface area contributed by atoms with Crippen LogP contribution in [0.1, 0.15) is 30.4 Å². The lowest BCUT2D eigenvalue weighted by atomic mass is 9.72. The Morgan fingerprint density at radius 3 is 2.80 bits per heavy atom. The zero-order valence-electron chi connectivity index (χ0n) is 14.1. The highest BCUT2D eigenvalue weighted by molar-refractivity contribution is 6.30. The van der Waals surface area contributed by atoms with Crippen LogP contribution in [-0.4, -0.2) is 44.9 Å². The van der Waals surface area contributed by atoms with Crippen molar-refractivity contribution < 1.29 is 9.90 Å². The van der Waals surface area contributed by atoms with Gasteiger partial charge in [0.15, 0.2) is 0 Å². The first-order chi connectivity index (χ1) is 12.1. The second-order valence-corrected chi connectivity index (χ2v) is 7.52. The molecule has 6 heteroatoms. The lowest BCUT2D eigenvalue weighted by Gasteiger charge is -2.42. The number of aromatic nitrogens is 2. The third-order valence-corrected chi connectivity index (χ3v) is 5.96. The Morgan fingerprint density at radius 1 is 1.32 bits per heavy atom. The van der Waals surface area contributed by atoms with Crippen molar-refractivity contribution in [2.75, 3.05) is 13.1 Å². The number of aryl methyl sites for hydroxylation is 1. The predicted octanol–water partition coefficient (Wildman–Crippen LogP) is 2.40. The fraction of sp³-hybridized carbons (Fsp3) is 0.474. The molecule has 0 radical (unpaired) electrons. The van der Waals surface area contributed by atoms with E-state index in [1.54, 1.807) is 17.1 Å². The van der Waals surface area contributed by atoms with Crippen LogP contribution in [0.25, 0.3) is 0 Å². The first-order valence-electron chi connectivity index (χ1n) is 8.81. The van der Waals surface area contributed by atoms with E-state index < -0.39 is 0 Å². The van der Waals surface area contributed by atoms with E-state index in [-0.39, 0.29) is 17.4 Å². The summed E-state index contributed by atoms with van der Waals surface area (Å²) in [4.78, 5) is 14.4. The molecule has 2 aliphatic rings. The lowest BCUT2D eigenvalue weighted by Crippen LogP contribution is -2.49. The van der Waals surface area contributed by atoms with E-state index in [4.69, 9.17) is 11.6 Å². The van der Waals surface area contributed by atoms with Crippen molar-refractivity contribution in [2.45, 2.75) is 43.7 Å². The number of benzene rings is 1. The quantitative estimate of drug-likeness (QED) is 0.915. The van der Waals surface area contributed by atoms with Crippen LogP contribution in [0, 0.1) is 0 Å². The minimum Gasteiger partial charge on any atom is -0.392 e. The van der Waals surface area contributed by atoms with E-state index in [2.05, 4.69) is 17.2 Å². The number of aliphatic hydroxyl groups is 1. The van der Waals surface area contributed by atoms with Gasteiger partial charge in [-0.3, -0.25) is 9.48 Å². The van der Waals surface area contributed by atoms with Crippen molar-refractivity contribution >= 4 is 17.5 Å². The molecular formula is C19H22ClN3O2. The molecule has 1 saturated heterocycles. The van der Waals surface area contributed by atoms with Crippen molar-refractivity contribution in [1.82, 2.24) is 14.7 Å². The maximum Gasteiger partial charge on any atom is 0.224 e. The van der Waals surface area contributed by atoms with Gasteiger partial charge in [-0.25, -0.2) is 0 Å². The van der Waals surface area contributed by atoms with Gasteiger partial charge < -0.3 is 10.0 Å². The Hall–Kier alpha value is -1.85. The summed E-state index contributed by atoms with van der Waals surface area (Å²) in [5.74, 6) is 0.141. The van der Waals surface area contributed by atoms with Crippen molar-refractivity contribution in [3.05, 3.63) is 52.8 Å². The lowest BCUT2D eigenvalue weighted by molar-refractivity contribution is -0.133. The summed E-state index contributed by atoms with van der Waals surface area (Å²) in [7, 11) is 0. The minimum atomic E-state index is -0.339. The van der Waals surface area contributed by atoms with Gasteiger partial charge in [0.2, 0.25) is 5.91 Å². The molecule has 1 atom stereocenters. The third-order valence-electron chi connectivity index (χ3n) is 5.77. The molecule has 1 aromatic carbocycles. The molecule has 1 spiro atoms. The fourth-order valence-electron chi connectivity index (χ4n) is 4.35. The number of amides is 1. The van der Waals surface area contributed by atoms with Gasteiger partial charge in [-0.15, -0.1) is 0 Å². The molecule has 1 aliphatic carbocycles. The zero-order valence-corrected chi connectivity index (χ0v) is 14.8. The maximum atomic E-state index is 12.5. The first-order valence-corrected chi connectivity index (χ1v) is 9.18. The number of rotatable bonds is 3. The van der Waals surface area contributed by atoms with Crippen LogP contribution in [-0.2, 0) is 23.2 Å². The SMILES string of the molecule is O=C(CCn1cc(Cl)cn1)N1CCC2(CC1)c1ccccc1C[C@H]2O. The Bertz CT molecular complexity index is 780. The summed E-state index contributed by atoms with van der Waals surface area (Å²) in [5, 5.41) is 15.4. The van der Waals surface area contributed by atoms with Crippen LogP contribution >= 0.6 is 11.6 Å². The van der Waals surface area contributed by atoms with Crippen LogP contribution in [0.3, 0.4) is 0 Å². The van der Waals surface area contributed by atoms with Gasteiger partial charge in [0.05, 0.1) is 17.3 Å². The normalized spacial score (nSPS) is 21.5. The topological polar surface area (TPSA) is 58.4 Å². The molecule has 25 heavy (non-hydrogen) atoms. The van der Waals surface area contributed by atoms with Crippen LogP contribution in [0.4, 0.5) is 0 Å². The number of carbonyl (C=O) groups is 1. The fourth-order valence-corrected chi connectivity index (χ4v) is 4.51. The minimum absolute atomic E-state index is 0.141. The standard InChI is InChI=1S/C19H22ClN3O2/c20-15-12-21-23(13-15)8-5-18(25)22-9-6-19(7-10-22)16-4-2-1-3-14(16)11-17(19)24/h1-4,12-13,17,24H,5-11H2/t17-/m1/s1. The molecule has 5 nitrogen and oxygen atoms in total. The second-order valence-electron chi connectivity index (χ2n) is 7.09. The van der Waals surface area contributed by atoms with Crippen molar-refractivity contribution in [3.8, 4) is 0 Å². The highest BCUT2D eigenvalue weighted by atomic mass is 35.5. The molecule has 0 bridgehead atoms. The van der Waals surface area contributed by atoms with Gasteiger partial charge in [0.1, 0.15) is 0 Å². The number of aliphatic hydroxyl groups excluding tert-OH is 1. The number of piperidine rings is 1. The van der Waals surface area contributed by atoms with Crippen molar-refractivity contribution in [2.24, 2.45) is 0 Å². The van der Waals surface area contributed by atoms with Gasteiger partial charge in [0.25, 0.3) is 0 Å². The summed E-state index contributed by atoms with van der Waals surface area (Å²) >= 11 is 5.85. The monoisotopic (exact) mass is 359 g/mol. The maximum absolute atomic E-state index is 12.5. The molecule has 1 aromatic heterocycles. The summed E-state index contributed by atoms with van der Waals surface area (Å²) < 4.78 is 1.70. The summed E-state index contributed by atoms with van der Waals surface area (Å²) in [5.41, 5.74) is 2.36. The van der Waals surface area contributed by atoms with Gasteiger partial charge in [-0.2, -0.15) is 5.10 Å². The molecule has 1 fully saturated rings. The Kier molecular flexibility index (Phi) is 4.29. The Morgan fingerprint density at radius 2 is 2.08 bits per heavy atom. The number of fused-ring (bicyclic) bond motifs is 2. The molecule has 0 saturated carbocycles. The predicted molar refractivity (Wildman–Crippen MR) is 95.5 cm³/mol.